The van der Waals surface area contributed by atoms with E-state index in [1.807, 2.05) is 0 Å². The SMILES string of the molecule is CC(N)C(F)C(=O)CN. The van der Waals surface area contributed by atoms with Gasteiger partial charge in [0.1, 0.15) is 0 Å². The summed E-state index contributed by atoms with van der Waals surface area (Å²) in [6, 6.07) is -0.749. The molecule has 0 rings (SSSR count). The van der Waals surface area contributed by atoms with E-state index in [0.717, 1.165) is 0 Å². The Morgan fingerprint density at radius 1 is 1.78 bits per heavy atom. The molecule has 3 nitrogen and oxygen atoms in total. The van der Waals surface area contributed by atoms with Crippen LogP contribution in [0.1, 0.15) is 6.92 Å². The van der Waals surface area contributed by atoms with Gasteiger partial charge in [0.2, 0.25) is 0 Å². The Hall–Kier alpha value is -0.480. The van der Waals surface area contributed by atoms with Crippen LogP contribution in [0.25, 0.3) is 0 Å². The van der Waals surface area contributed by atoms with E-state index in [2.05, 4.69) is 0 Å². The lowest BCUT2D eigenvalue weighted by atomic mass is 10.1. The quantitative estimate of drug-likeness (QED) is 0.531. The normalized spacial score (nSPS) is 16.9. The molecule has 0 amide bonds. The summed E-state index contributed by atoms with van der Waals surface area (Å²) in [5.74, 6) is -0.634. The zero-order valence-electron chi connectivity index (χ0n) is 5.30. The first-order valence-corrected chi connectivity index (χ1v) is 2.72. The summed E-state index contributed by atoms with van der Waals surface area (Å²) in [5, 5.41) is 0. The molecule has 0 aromatic heterocycles. The second kappa shape index (κ2) is 3.53. The van der Waals surface area contributed by atoms with Gasteiger partial charge in [0.05, 0.1) is 6.54 Å². The number of carbonyl (C=O) groups excluding carboxylic acids is 1. The van der Waals surface area contributed by atoms with Gasteiger partial charge in [-0.25, -0.2) is 4.39 Å². The molecule has 0 spiro atoms. The molecule has 0 heterocycles. The van der Waals surface area contributed by atoms with Gasteiger partial charge in [0.25, 0.3) is 0 Å². The topological polar surface area (TPSA) is 69.1 Å². The average molecular weight is 134 g/mol. The lowest BCUT2D eigenvalue weighted by molar-refractivity contribution is -0.122. The van der Waals surface area contributed by atoms with E-state index in [-0.39, 0.29) is 6.54 Å². The lowest BCUT2D eigenvalue weighted by Crippen LogP contribution is -2.38. The fraction of sp³-hybridized carbons (Fsp3) is 0.800. The molecule has 0 bridgehead atoms. The zero-order valence-corrected chi connectivity index (χ0v) is 5.30. The standard InChI is InChI=1S/C5H11FN2O/c1-3(8)5(6)4(9)2-7/h3,5H,2,7-8H2,1H3. The third kappa shape index (κ3) is 2.53. The van der Waals surface area contributed by atoms with Gasteiger partial charge >= 0.3 is 0 Å². The molecule has 0 saturated heterocycles. The third-order valence-electron chi connectivity index (χ3n) is 0.970. The highest BCUT2D eigenvalue weighted by Gasteiger charge is 2.19. The van der Waals surface area contributed by atoms with Crippen molar-refractivity contribution in [1.82, 2.24) is 0 Å². The molecule has 2 unspecified atom stereocenters. The number of hydrogen-bond acceptors (Lipinski definition) is 3. The molecule has 4 N–H and O–H groups in total. The van der Waals surface area contributed by atoms with Crippen molar-refractivity contribution in [3.05, 3.63) is 0 Å². The van der Waals surface area contributed by atoms with Gasteiger partial charge in [-0.05, 0) is 6.92 Å². The molecule has 0 saturated carbocycles. The van der Waals surface area contributed by atoms with Crippen LogP contribution in [0.2, 0.25) is 0 Å². The second-order valence-corrected chi connectivity index (χ2v) is 1.93. The molecular formula is C5H11FN2O. The smallest absolute Gasteiger partial charge is 0.181 e. The number of carbonyl (C=O) groups is 1. The van der Waals surface area contributed by atoms with Crippen LogP contribution in [0, 0.1) is 0 Å². The molecule has 0 radical (unpaired) electrons. The van der Waals surface area contributed by atoms with Crippen molar-refractivity contribution in [1.29, 1.82) is 0 Å². The number of nitrogens with two attached hydrogens (primary N) is 2. The summed E-state index contributed by atoms with van der Waals surface area (Å²) in [7, 11) is 0. The van der Waals surface area contributed by atoms with Crippen LogP contribution in [0.3, 0.4) is 0 Å². The van der Waals surface area contributed by atoms with Crippen molar-refractivity contribution < 1.29 is 9.18 Å². The summed E-state index contributed by atoms with van der Waals surface area (Å²) in [6.07, 6.45) is -1.60. The van der Waals surface area contributed by atoms with Gasteiger partial charge < -0.3 is 11.5 Å². The molecular weight excluding hydrogens is 123 g/mol. The Morgan fingerprint density at radius 2 is 2.22 bits per heavy atom. The van der Waals surface area contributed by atoms with Crippen LogP contribution in [0.15, 0.2) is 0 Å². The van der Waals surface area contributed by atoms with Gasteiger partial charge in [-0.15, -0.1) is 0 Å². The molecule has 2 atom stereocenters. The van der Waals surface area contributed by atoms with E-state index in [4.69, 9.17) is 11.5 Å². The van der Waals surface area contributed by atoms with Gasteiger partial charge in [-0.1, -0.05) is 0 Å². The lowest BCUT2D eigenvalue weighted by Gasteiger charge is -2.07. The summed E-state index contributed by atoms with van der Waals surface area (Å²) >= 11 is 0. The van der Waals surface area contributed by atoms with E-state index in [0.29, 0.717) is 0 Å². The molecule has 54 valence electrons. The molecule has 0 aromatic rings. The van der Waals surface area contributed by atoms with Crippen LogP contribution in [0.4, 0.5) is 4.39 Å². The first-order valence-electron chi connectivity index (χ1n) is 2.72. The monoisotopic (exact) mass is 134 g/mol. The Balaban J connectivity index is 3.72. The molecule has 0 fully saturated rings. The van der Waals surface area contributed by atoms with Gasteiger partial charge in [0.15, 0.2) is 12.0 Å². The molecule has 9 heavy (non-hydrogen) atoms. The van der Waals surface area contributed by atoms with Crippen LogP contribution < -0.4 is 11.5 Å². The van der Waals surface area contributed by atoms with E-state index in [1.54, 1.807) is 0 Å². The predicted molar refractivity (Wildman–Crippen MR) is 32.6 cm³/mol. The van der Waals surface area contributed by atoms with Crippen molar-refractivity contribution in [2.24, 2.45) is 11.5 Å². The molecule has 4 heteroatoms. The van der Waals surface area contributed by atoms with E-state index < -0.39 is 18.0 Å². The van der Waals surface area contributed by atoms with E-state index in [9.17, 15) is 9.18 Å². The number of halogens is 1. The highest BCUT2D eigenvalue weighted by Crippen LogP contribution is 1.95. The van der Waals surface area contributed by atoms with Crippen LogP contribution in [-0.2, 0) is 4.79 Å². The van der Waals surface area contributed by atoms with Crippen molar-refractivity contribution >= 4 is 5.78 Å². The number of Topliss-reactive ketones (excluding diaryl/α,β-unsaturated/α-hetero) is 1. The number of hydrogen-bond donors (Lipinski definition) is 2. The highest BCUT2D eigenvalue weighted by molar-refractivity contribution is 5.85. The minimum absolute atomic E-state index is 0.275. The number of ketones is 1. The molecule has 0 aliphatic carbocycles. The molecule has 0 aliphatic heterocycles. The molecule has 0 aromatic carbocycles. The summed E-state index contributed by atoms with van der Waals surface area (Å²) in [4.78, 5) is 10.4. The minimum atomic E-state index is -1.60. The largest absolute Gasteiger partial charge is 0.325 e. The first-order chi connectivity index (χ1) is 4.09. The summed E-state index contributed by atoms with van der Waals surface area (Å²) in [5.41, 5.74) is 9.93. The van der Waals surface area contributed by atoms with Crippen LogP contribution in [-0.4, -0.2) is 24.5 Å². The van der Waals surface area contributed by atoms with Crippen molar-refractivity contribution in [3.8, 4) is 0 Å². The number of alkyl halides is 1. The Morgan fingerprint density at radius 3 is 2.33 bits per heavy atom. The van der Waals surface area contributed by atoms with E-state index >= 15 is 0 Å². The predicted octanol–water partition coefficient (Wildman–Crippen LogP) is -0.800. The summed E-state index contributed by atoms with van der Waals surface area (Å²) < 4.78 is 12.4. The maximum absolute atomic E-state index is 12.4. The van der Waals surface area contributed by atoms with Gasteiger partial charge in [-0.3, -0.25) is 4.79 Å². The second-order valence-electron chi connectivity index (χ2n) is 1.93. The Labute approximate surface area is 53.2 Å². The van der Waals surface area contributed by atoms with Crippen molar-refractivity contribution in [2.75, 3.05) is 6.54 Å². The van der Waals surface area contributed by atoms with Gasteiger partial charge in [0, 0.05) is 6.04 Å². The van der Waals surface area contributed by atoms with Crippen LogP contribution in [0.5, 0.6) is 0 Å². The fourth-order valence-electron chi connectivity index (χ4n) is 0.406. The van der Waals surface area contributed by atoms with Crippen LogP contribution >= 0.6 is 0 Å². The van der Waals surface area contributed by atoms with Crippen molar-refractivity contribution in [3.63, 3.8) is 0 Å². The third-order valence-corrected chi connectivity index (χ3v) is 0.970. The van der Waals surface area contributed by atoms with Crippen molar-refractivity contribution in [2.45, 2.75) is 19.1 Å². The van der Waals surface area contributed by atoms with E-state index in [1.165, 1.54) is 6.92 Å². The Kier molecular flexibility index (Phi) is 3.34. The fourth-order valence-corrected chi connectivity index (χ4v) is 0.406. The maximum atomic E-state index is 12.4. The average Bonchev–Trinajstić information content (AvgIpc) is 1.84. The first kappa shape index (κ1) is 8.52. The zero-order chi connectivity index (χ0) is 7.44. The minimum Gasteiger partial charge on any atom is -0.325 e. The summed E-state index contributed by atoms with van der Waals surface area (Å²) in [6.45, 7) is 1.15. The molecule has 0 aliphatic rings. The Bertz CT molecular complexity index is 105. The number of rotatable bonds is 3. The highest BCUT2D eigenvalue weighted by atomic mass is 19.1. The maximum Gasteiger partial charge on any atom is 0.181 e. The van der Waals surface area contributed by atoms with Gasteiger partial charge in [-0.2, -0.15) is 0 Å².